The number of ether oxygens (including phenoxy) is 2. The second kappa shape index (κ2) is 6.80. The Morgan fingerprint density at radius 2 is 2.00 bits per heavy atom. The molecule has 116 valence electrons. The highest BCUT2D eigenvalue weighted by Crippen LogP contribution is 2.25. The molecule has 1 amide bonds. The molecule has 0 aliphatic heterocycles. The Kier molecular flexibility index (Phi) is 4.83. The fraction of sp³-hybridized carbons (Fsp3) is 0.250. The third kappa shape index (κ3) is 3.28. The van der Waals surface area contributed by atoms with E-state index in [1.165, 1.54) is 17.2 Å². The van der Waals surface area contributed by atoms with E-state index in [0.717, 1.165) is 5.56 Å². The molecule has 0 aliphatic rings. The van der Waals surface area contributed by atoms with Crippen molar-refractivity contribution in [3.05, 3.63) is 58.0 Å². The topological polar surface area (TPSA) is 71.6 Å². The van der Waals surface area contributed by atoms with Crippen molar-refractivity contribution in [2.45, 2.75) is 6.54 Å². The summed E-state index contributed by atoms with van der Waals surface area (Å²) in [6.45, 7) is 0.320. The van der Waals surface area contributed by atoms with Crippen molar-refractivity contribution in [3.63, 3.8) is 0 Å². The Balaban J connectivity index is 2.22. The van der Waals surface area contributed by atoms with Gasteiger partial charge in [0, 0.05) is 31.4 Å². The van der Waals surface area contributed by atoms with Gasteiger partial charge in [0.1, 0.15) is 17.1 Å². The van der Waals surface area contributed by atoms with Gasteiger partial charge in [-0.15, -0.1) is 0 Å². The lowest BCUT2D eigenvalue weighted by molar-refractivity contribution is 0.0782. The van der Waals surface area contributed by atoms with E-state index in [1.807, 2.05) is 6.07 Å². The van der Waals surface area contributed by atoms with Crippen LogP contribution in [0.4, 0.5) is 0 Å². The molecule has 0 atom stereocenters. The smallest absolute Gasteiger partial charge is 0.260 e. The Morgan fingerprint density at radius 1 is 1.23 bits per heavy atom. The van der Waals surface area contributed by atoms with Crippen LogP contribution in [0.2, 0.25) is 0 Å². The minimum atomic E-state index is -0.402. The zero-order valence-electron chi connectivity index (χ0n) is 12.8. The molecule has 0 unspecified atom stereocenters. The number of carbonyl (C=O) groups is 1. The van der Waals surface area contributed by atoms with E-state index in [9.17, 15) is 9.59 Å². The number of aromatic nitrogens is 1. The fourth-order valence-corrected chi connectivity index (χ4v) is 2.11. The van der Waals surface area contributed by atoms with Crippen molar-refractivity contribution < 1.29 is 14.3 Å². The summed E-state index contributed by atoms with van der Waals surface area (Å²) in [4.78, 5) is 28.0. The number of nitrogens with one attached hydrogen (secondary N) is 1. The van der Waals surface area contributed by atoms with E-state index in [2.05, 4.69) is 4.98 Å². The molecule has 1 aromatic heterocycles. The Labute approximate surface area is 128 Å². The van der Waals surface area contributed by atoms with Crippen molar-refractivity contribution >= 4 is 5.91 Å². The van der Waals surface area contributed by atoms with E-state index >= 15 is 0 Å². The standard InChI is InChI=1S/C16H18N2O4/c1-18(16(20)13-5-4-8-17-15(13)19)10-11-6-7-12(21-2)9-14(11)22-3/h4-9H,10H2,1-3H3,(H,17,19). The number of amides is 1. The zero-order valence-corrected chi connectivity index (χ0v) is 12.8. The molecule has 0 fully saturated rings. The van der Waals surface area contributed by atoms with Crippen molar-refractivity contribution in [2.75, 3.05) is 21.3 Å². The molecule has 22 heavy (non-hydrogen) atoms. The van der Waals surface area contributed by atoms with Crippen LogP contribution in [0.3, 0.4) is 0 Å². The molecule has 6 nitrogen and oxygen atoms in total. The van der Waals surface area contributed by atoms with Gasteiger partial charge in [0.25, 0.3) is 11.5 Å². The molecule has 2 aromatic rings. The number of nitrogens with zero attached hydrogens (tertiary/aromatic N) is 1. The maximum atomic E-state index is 12.3. The fourth-order valence-electron chi connectivity index (χ4n) is 2.11. The zero-order chi connectivity index (χ0) is 16.1. The number of H-pyrrole nitrogens is 1. The Bertz CT molecular complexity index is 724. The average Bonchev–Trinajstić information content (AvgIpc) is 2.55. The van der Waals surface area contributed by atoms with Crippen LogP contribution in [0.25, 0.3) is 0 Å². The number of methoxy groups -OCH3 is 2. The second-order valence-electron chi connectivity index (χ2n) is 4.75. The minimum Gasteiger partial charge on any atom is -0.497 e. The van der Waals surface area contributed by atoms with Crippen molar-refractivity contribution in [1.82, 2.24) is 9.88 Å². The normalized spacial score (nSPS) is 10.1. The van der Waals surface area contributed by atoms with E-state index < -0.39 is 5.56 Å². The number of rotatable bonds is 5. The molecule has 0 saturated heterocycles. The highest BCUT2D eigenvalue weighted by molar-refractivity contribution is 5.93. The van der Waals surface area contributed by atoms with Crippen LogP contribution in [-0.2, 0) is 6.54 Å². The van der Waals surface area contributed by atoms with E-state index in [-0.39, 0.29) is 11.5 Å². The van der Waals surface area contributed by atoms with Gasteiger partial charge in [0.15, 0.2) is 0 Å². The average molecular weight is 302 g/mol. The summed E-state index contributed by atoms with van der Waals surface area (Å²) in [6.07, 6.45) is 1.49. The van der Waals surface area contributed by atoms with Gasteiger partial charge in [-0.1, -0.05) is 0 Å². The van der Waals surface area contributed by atoms with E-state index in [0.29, 0.717) is 18.0 Å². The molecule has 0 bridgehead atoms. The number of hydrogen-bond donors (Lipinski definition) is 1. The molecule has 1 aromatic carbocycles. The first-order chi connectivity index (χ1) is 10.6. The molecular weight excluding hydrogens is 284 g/mol. The molecule has 0 radical (unpaired) electrons. The first-order valence-electron chi connectivity index (χ1n) is 6.71. The SMILES string of the molecule is COc1ccc(CN(C)C(=O)c2ccc[nH]c2=O)c(OC)c1. The largest absolute Gasteiger partial charge is 0.497 e. The highest BCUT2D eigenvalue weighted by Gasteiger charge is 2.17. The lowest BCUT2D eigenvalue weighted by Crippen LogP contribution is -2.31. The first-order valence-corrected chi connectivity index (χ1v) is 6.71. The molecule has 1 N–H and O–H groups in total. The van der Waals surface area contributed by atoms with Crippen molar-refractivity contribution in [3.8, 4) is 11.5 Å². The van der Waals surface area contributed by atoms with Gasteiger partial charge in [-0.25, -0.2) is 0 Å². The molecule has 0 aliphatic carbocycles. The van der Waals surface area contributed by atoms with Crippen LogP contribution in [-0.4, -0.2) is 37.1 Å². The number of benzene rings is 1. The van der Waals surface area contributed by atoms with E-state index in [4.69, 9.17) is 9.47 Å². The van der Waals surface area contributed by atoms with Crippen molar-refractivity contribution in [1.29, 1.82) is 0 Å². The van der Waals surface area contributed by atoms with Crippen LogP contribution in [0.15, 0.2) is 41.3 Å². The summed E-state index contributed by atoms with van der Waals surface area (Å²) >= 11 is 0. The predicted molar refractivity (Wildman–Crippen MR) is 82.4 cm³/mol. The Hall–Kier alpha value is -2.76. The number of carbonyl (C=O) groups excluding carboxylic acids is 1. The van der Waals surface area contributed by atoms with Crippen molar-refractivity contribution in [2.24, 2.45) is 0 Å². The summed E-state index contributed by atoms with van der Waals surface area (Å²) < 4.78 is 10.5. The third-order valence-electron chi connectivity index (χ3n) is 3.30. The van der Waals surface area contributed by atoms with Crippen LogP contribution < -0.4 is 15.0 Å². The summed E-state index contributed by atoms with van der Waals surface area (Å²) in [5.41, 5.74) is 0.532. The summed E-state index contributed by atoms with van der Waals surface area (Å²) in [7, 11) is 4.77. The quantitative estimate of drug-likeness (QED) is 0.912. The number of hydrogen-bond acceptors (Lipinski definition) is 4. The van der Waals surface area contributed by atoms with E-state index in [1.54, 1.807) is 39.5 Å². The lowest BCUT2D eigenvalue weighted by Gasteiger charge is -2.19. The number of pyridine rings is 1. The van der Waals surface area contributed by atoms with Crippen LogP contribution in [0.1, 0.15) is 15.9 Å². The third-order valence-corrected chi connectivity index (χ3v) is 3.30. The Morgan fingerprint density at radius 3 is 2.64 bits per heavy atom. The van der Waals surface area contributed by atoms with Crippen LogP contribution in [0, 0.1) is 0 Å². The highest BCUT2D eigenvalue weighted by atomic mass is 16.5. The van der Waals surface area contributed by atoms with Gasteiger partial charge in [-0.3, -0.25) is 9.59 Å². The van der Waals surface area contributed by atoms with Crippen LogP contribution >= 0.6 is 0 Å². The van der Waals surface area contributed by atoms with Gasteiger partial charge in [0.2, 0.25) is 0 Å². The van der Waals surface area contributed by atoms with Crippen LogP contribution in [0.5, 0.6) is 11.5 Å². The first kappa shape index (κ1) is 15.6. The predicted octanol–water partition coefficient (Wildman–Crippen LogP) is 1.66. The van der Waals surface area contributed by atoms with Gasteiger partial charge in [-0.05, 0) is 24.3 Å². The maximum Gasteiger partial charge on any atom is 0.260 e. The van der Waals surface area contributed by atoms with Gasteiger partial charge in [-0.2, -0.15) is 0 Å². The molecular formula is C16H18N2O4. The number of aromatic amines is 1. The molecule has 1 heterocycles. The molecule has 2 rings (SSSR count). The van der Waals surface area contributed by atoms with Gasteiger partial charge >= 0.3 is 0 Å². The monoisotopic (exact) mass is 302 g/mol. The maximum absolute atomic E-state index is 12.3. The van der Waals surface area contributed by atoms with Gasteiger partial charge < -0.3 is 19.4 Å². The minimum absolute atomic E-state index is 0.109. The second-order valence-corrected chi connectivity index (χ2v) is 4.75. The van der Waals surface area contributed by atoms with Gasteiger partial charge in [0.05, 0.1) is 14.2 Å². The molecule has 0 spiro atoms. The lowest BCUT2D eigenvalue weighted by atomic mass is 10.1. The molecule has 6 heteroatoms. The summed E-state index contributed by atoms with van der Waals surface area (Å²) in [5.74, 6) is 0.953. The molecule has 0 saturated carbocycles. The summed E-state index contributed by atoms with van der Waals surface area (Å²) in [5, 5.41) is 0. The summed E-state index contributed by atoms with van der Waals surface area (Å²) in [6, 6.07) is 8.50.